The Kier molecular flexibility index (Phi) is 4.41. The molecule has 3 aliphatic carbocycles. The van der Waals surface area contributed by atoms with Gasteiger partial charge in [-0.15, -0.1) is 0 Å². The summed E-state index contributed by atoms with van der Waals surface area (Å²) < 4.78 is 0. The Balaban J connectivity index is 1.78. The van der Waals surface area contributed by atoms with Gasteiger partial charge in [-0.05, 0) is 47.5 Å². The normalized spacial score (nSPS) is 48.2. The van der Waals surface area contributed by atoms with Gasteiger partial charge in [-0.2, -0.15) is 0 Å². The average molecular weight is 277 g/mol. The molecule has 0 spiro atoms. The van der Waals surface area contributed by atoms with Crippen molar-refractivity contribution in [2.45, 2.75) is 77.3 Å². The van der Waals surface area contributed by atoms with Crippen LogP contribution in [0, 0.1) is 35.5 Å². The minimum Gasteiger partial charge on any atom is -0.0731 e. The van der Waals surface area contributed by atoms with Crippen LogP contribution in [0.1, 0.15) is 65.2 Å². The van der Waals surface area contributed by atoms with E-state index >= 15 is 0 Å². The van der Waals surface area contributed by atoms with Crippen LogP contribution in [0.25, 0.3) is 0 Å². The standard InChI is InChI=1S/C18H32Si/c1-12-13(2)18(19-3)16-11-7-10-15(17(12)16)14-8-5-4-6-9-14/h12-18H,4-11H2,1-3H3/t12?,13-,15?,16?,17?,18?/m1/s1. The Bertz CT molecular complexity index is 294. The highest BCUT2D eigenvalue weighted by Crippen LogP contribution is 2.59. The third kappa shape index (κ3) is 2.45. The minimum absolute atomic E-state index is 1.00. The molecule has 0 heterocycles. The molecular weight excluding hydrogens is 244 g/mol. The fourth-order valence-electron chi connectivity index (χ4n) is 6.15. The van der Waals surface area contributed by atoms with Gasteiger partial charge >= 0.3 is 0 Å². The van der Waals surface area contributed by atoms with Crippen LogP contribution in [0.15, 0.2) is 0 Å². The van der Waals surface area contributed by atoms with Crippen molar-refractivity contribution in [3.63, 3.8) is 0 Å². The fraction of sp³-hybridized carbons (Fsp3) is 1.00. The van der Waals surface area contributed by atoms with Crippen molar-refractivity contribution in [1.29, 1.82) is 0 Å². The van der Waals surface area contributed by atoms with Crippen molar-refractivity contribution in [1.82, 2.24) is 0 Å². The maximum atomic E-state index is 2.60. The van der Waals surface area contributed by atoms with Gasteiger partial charge in [0, 0.05) is 9.52 Å². The lowest BCUT2D eigenvalue weighted by Crippen LogP contribution is -2.35. The van der Waals surface area contributed by atoms with Gasteiger partial charge in [-0.1, -0.05) is 65.3 Å². The van der Waals surface area contributed by atoms with E-state index in [1.54, 1.807) is 32.1 Å². The summed E-state index contributed by atoms with van der Waals surface area (Å²) in [7, 11) is 1.19. The first-order chi connectivity index (χ1) is 9.24. The van der Waals surface area contributed by atoms with Gasteiger partial charge in [0.2, 0.25) is 0 Å². The molecule has 3 rings (SSSR count). The lowest BCUT2D eigenvalue weighted by Gasteiger charge is -2.43. The van der Waals surface area contributed by atoms with Crippen LogP contribution < -0.4 is 0 Å². The number of fused-ring (bicyclic) bond motifs is 1. The zero-order valence-corrected chi connectivity index (χ0v) is 14.2. The third-order valence-corrected chi connectivity index (χ3v) is 8.74. The van der Waals surface area contributed by atoms with Crippen LogP contribution in [0.3, 0.4) is 0 Å². The predicted octanol–water partition coefficient (Wildman–Crippen LogP) is 5.43. The van der Waals surface area contributed by atoms with E-state index in [2.05, 4.69) is 20.4 Å². The molecule has 108 valence electrons. The lowest BCUT2D eigenvalue weighted by atomic mass is 9.63. The fourth-order valence-corrected chi connectivity index (χ4v) is 7.79. The van der Waals surface area contributed by atoms with Crippen LogP contribution in [0.4, 0.5) is 0 Å². The van der Waals surface area contributed by atoms with E-state index in [9.17, 15) is 0 Å². The van der Waals surface area contributed by atoms with Crippen molar-refractivity contribution in [2.24, 2.45) is 35.5 Å². The van der Waals surface area contributed by atoms with E-state index in [0.717, 1.165) is 41.0 Å². The summed E-state index contributed by atoms with van der Waals surface area (Å²) >= 11 is 0. The molecule has 0 aromatic heterocycles. The number of rotatable bonds is 2. The molecule has 0 aromatic rings. The van der Waals surface area contributed by atoms with Crippen molar-refractivity contribution in [3.8, 4) is 0 Å². The topological polar surface area (TPSA) is 0 Å². The molecule has 0 saturated heterocycles. The third-order valence-electron chi connectivity index (χ3n) is 7.12. The highest BCUT2D eigenvalue weighted by Gasteiger charge is 2.50. The Labute approximate surface area is 123 Å². The van der Waals surface area contributed by atoms with Crippen molar-refractivity contribution < 1.29 is 0 Å². The smallest absolute Gasteiger partial charge is 0.0385 e. The largest absolute Gasteiger partial charge is 0.0731 e. The zero-order valence-electron chi connectivity index (χ0n) is 13.2. The first-order valence-electron chi connectivity index (χ1n) is 8.91. The molecule has 2 radical (unpaired) electrons. The second-order valence-electron chi connectivity index (χ2n) is 7.77. The van der Waals surface area contributed by atoms with Crippen molar-refractivity contribution >= 4 is 9.52 Å². The van der Waals surface area contributed by atoms with Gasteiger partial charge in [-0.25, -0.2) is 0 Å². The SMILES string of the molecule is C[Si]C1C2CCCC(C3CCCCC3)C2C(C)[C@H]1C. The van der Waals surface area contributed by atoms with E-state index < -0.39 is 0 Å². The van der Waals surface area contributed by atoms with Gasteiger partial charge in [0.05, 0.1) is 0 Å². The van der Waals surface area contributed by atoms with Crippen LogP contribution in [0.5, 0.6) is 0 Å². The quantitative estimate of drug-likeness (QED) is 0.590. The van der Waals surface area contributed by atoms with E-state index in [1.165, 1.54) is 28.8 Å². The first-order valence-corrected chi connectivity index (χ1v) is 10.5. The minimum atomic E-state index is 1.00. The highest BCUT2D eigenvalue weighted by atomic mass is 28.2. The Hall–Kier alpha value is 0.217. The Morgan fingerprint density at radius 2 is 1.42 bits per heavy atom. The molecule has 5 unspecified atom stereocenters. The molecular formula is C18H32Si. The van der Waals surface area contributed by atoms with Crippen LogP contribution in [0.2, 0.25) is 12.1 Å². The molecule has 6 atom stereocenters. The lowest BCUT2D eigenvalue weighted by molar-refractivity contribution is 0.0736. The van der Waals surface area contributed by atoms with E-state index in [1.807, 2.05) is 0 Å². The molecule has 3 aliphatic rings. The maximum absolute atomic E-state index is 2.60. The zero-order chi connectivity index (χ0) is 13.4. The molecule has 0 bridgehead atoms. The van der Waals surface area contributed by atoms with Gasteiger partial charge in [-0.3, -0.25) is 0 Å². The van der Waals surface area contributed by atoms with Crippen LogP contribution in [-0.4, -0.2) is 9.52 Å². The van der Waals surface area contributed by atoms with Crippen molar-refractivity contribution in [2.75, 3.05) is 0 Å². The molecule has 0 aliphatic heterocycles. The van der Waals surface area contributed by atoms with Gasteiger partial charge in [0.1, 0.15) is 0 Å². The first kappa shape index (κ1) is 14.2. The van der Waals surface area contributed by atoms with Gasteiger partial charge in [0.25, 0.3) is 0 Å². The monoisotopic (exact) mass is 276 g/mol. The van der Waals surface area contributed by atoms with E-state index in [4.69, 9.17) is 0 Å². The van der Waals surface area contributed by atoms with Crippen LogP contribution in [-0.2, 0) is 0 Å². The molecule has 3 fully saturated rings. The summed E-state index contributed by atoms with van der Waals surface area (Å²) in [6.45, 7) is 7.65. The predicted molar refractivity (Wildman–Crippen MR) is 84.6 cm³/mol. The summed E-state index contributed by atoms with van der Waals surface area (Å²) in [4.78, 5) is 0. The molecule has 0 amide bonds. The van der Waals surface area contributed by atoms with Gasteiger partial charge in [0.15, 0.2) is 0 Å². The summed E-state index contributed by atoms with van der Waals surface area (Å²) in [5.74, 6) is 6.43. The molecule has 19 heavy (non-hydrogen) atoms. The Morgan fingerprint density at radius 1 is 0.737 bits per heavy atom. The maximum Gasteiger partial charge on any atom is 0.0385 e. The number of hydrogen-bond donors (Lipinski definition) is 0. The Morgan fingerprint density at radius 3 is 2.11 bits per heavy atom. The number of hydrogen-bond acceptors (Lipinski definition) is 0. The molecule has 3 saturated carbocycles. The summed E-state index contributed by atoms with van der Waals surface area (Å²) in [5, 5.41) is 0. The van der Waals surface area contributed by atoms with Crippen LogP contribution >= 0.6 is 0 Å². The molecule has 0 nitrogen and oxygen atoms in total. The summed E-state index contributed by atoms with van der Waals surface area (Å²) in [6, 6.07) is 0. The summed E-state index contributed by atoms with van der Waals surface area (Å²) in [6.07, 6.45) is 12.4. The molecule has 1 heteroatoms. The molecule has 0 aromatic carbocycles. The molecule has 0 N–H and O–H groups in total. The van der Waals surface area contributed by atoms with E-state index in [-0.39, 0.29) is 0 Å². The van der Waals surface area contributed by atoms with Crippen molar-refractivity contribution in [3.05, 3.63) is 0 Å². The average Bonchev–Trinajstić information content (AvgIpc) is 2.71. The second kappa shape index (κ2) is 5.91. The second-order valence-corrected chi connectivity index (χ2v) is 9.01. The highest BCUT2D eigenvalue weighted by molar-refractivity contribution is 6.36. The van der Waals surface area contributed by atoms with E-state index in [0.29, 0.717) is 0 Å². The van der Waals surface area contributed by atoms with Gasteiger partial charge < -0.3 is 0 Å². The summed E-state index contributed by atoms with van der Waals surface area (Å²) in [5.41, 5.74) is 1.08.